The lowest BCUT2D eigenvalue weighted by molar-refractivity contribution is -0.111. The van der Waals surface area contributed by atoms with Gasteiger partial charge in [-0.1, -0.05) is 35.6 Å². The second kappa shape index (κ2) is 8.11. The molecule has 5 nitrogen and oxygen atoms in total. The Morgan fingerprint density at radius 3 is 2.60 bits per heavy atom. The molecule has 4 aromatic rings. The average molecular weight is 428 g/mol. The van der Waals surface area contributed by atoms with E-state index < -0.39 is 12.5 Å². The zero-order valence-electron chi connectivity index (χ0n) is 15.6. The molecule has 0 aliphatic carbocycles. The SMILES string of the molecule is Cc1nc(NC(=O)/C=C/c2ccc(F)cc2)sc1-c1nc2ccccc2n1C(F)F. The first kappa shape index (κ1) is 19.8. The number of hydrogen-bond acceptors (Lipinski definition) is 4. The van der Waals surface area contributed by atoms with Crippen LogP contribution in [0.4, 0.5) is 18.3 Å². The van der Waals surface area contributed by atoms with Crippen molar-refractivity contribution in [2.45, 2.75) is 13.5 Å². The summed E-state index contributed by atoms with van der Waals surface area (Å²) in [7, 11) is 0. The quantitative estimate of drug-likeness (QED) is 0.418. The van der Waals surface area contributed by atoms with Gasteiger partial charge < -0.3 is 0 Å². The van der Waals surface area contributed by atoms with Crippen LogP contribution < -0.4 is 5.32 Å². The third kappa shape index (κ3) is 3.97. The highest BCUT2D eigenvalue weighted by Crippen LogP contribution is 2.36. The van der Waals surface area contributed by atoms with Crippen molar-refractivity contribution in [3.63, 3.8) is 0 Å². The maximum atomic E-state index is 13.7. The molecule has 0 saturated carbocycles. The van der Waals surface area contributed by atoms with Crippen molar-refractivity contribution >= 4 is 39.5 Å². The van der Waals surface area contributed by atoms with Gasteiger partial charge in [-0.2, -0.15) is 8.78 Å². The third-order valence-electron chi connectivity index (χ3n) is 4.32. The number of amides is 1. The van der Waals surface area contributed by atoms with Gasteiger partial charge >= 0.3 is 6.55 Å². The van der Waals surface area contributed by atoms with Gasteiger partial charge in [-0.3, -0.25) is 14.7 Å². The first-order valence-electron chi connectivity index (χ1n) is 8.90. The van der Waals surface area contributed by atoms with Gasteiger partial charge in [0.1, 0.15) is 5.82 Å². The van der Waals surface area contributed by atoms with Gasteiger partial charge in [0.05, 0.1) is 21.6 Å². The predicted octanol–water partition coefficient (Wildman–Crippen LogP) is 5.65. The summed E-state index contributed by atoms with van der Waals surface area (Å²) in [5.74, 6) is -0.706. The number of para-hydroxylation sites is 2. The molecule has 0 fully saturated rings. The van der Waals surface area contributed by atoms with Gasteiger partial charge in [0.2, 0.25) is 5.91 Å². The summed E-state index contributed by atoms with van der Waals surface area (Å²) >= 11 is 1.07. The zero-order chi connectivity index (χ0) is 21.3. The second-order valence-corrected chi connectivity index (χ2v) is 7.38. The fourth-order valence-electron chi connectivity index (χ4n) is 2.95. The molecule has 152 valence electrons. The number of rotatable bonds is 5. The molecule has 30 heavy (non-hydrogen) atoms. The van der Waals surface area contributed by atoms with Crippen molar-refractivity contribution in [3.8, 4) is 10.7 Å². The molecule has 2 heterocycles. The number of alkyl halides is 2. The summed E-state index contributed by atoms with van der Waals surface area (Å²) in [6.45, 7) is -1.10. The van der Waals surface area contributed by atoms with E-state index in [1.54, 1.807) is 43.3 Å². The first-order chi connectivity index (χ1) is 14.4. The number of anilines is 1. The number of carbonyl (C=O) groups is 1. The van der Waals surface area contributed by atoms with Crippen molar-refractivity contribution in [1.29, 1.82) is 0 Å². The van der Waals surface area contributed by atoms with Crippen molar-refractivity contribution in [2.24, 2.45) is 0 Å². The number of halogens is 3. The number of thiazole rings is 1. The molecule has 9 heteroatoms. The lowest BCUT2D eigenvalue weighted by atomic mass is 10.2. The molecular formula is C21H15F3N4OS. The summed E-state index contributed by atoms with van der Waals surface area (Å²) < 4.78 is 41.2. The van der Waals surface area contributed by atoms with E-state index in [4.69, 9.17) is 0 Å². The smallest absolute Gasteiger partial charge is 0.298 e. The van der Waals surface area contributed by atoms with Crippen LogP contribution in [0.2, 0.25) is 0 Å². The fraction of sp³-hybridized carbons (Fsp3) is 0.0952. The molecule has 1 N–H and O–H groups in total. The van der Waals surface area contributed by atoms with Gasteiger partial charge in [0.25, 0.3) is 0 Å². The van der Waals surface area contributed by atoms with Crippen LogP contribution >= 0.6 is 11.3 Å². The Morgan fingerprint density at radius 2 is 1.87 bits per heavy atom. The Morgan fingerprint density at radius 1 is 1.13 bits per heavy atom. The average Bonchev–Trinajstić information content (AvgIpc) is 3.27. The van der Waals surface area contributed by atoms with Crippen LogP contribution in [0.3, 0.4) is 0 Å². The van der Waals surface area contributed by atoms with Crippen molar-refractivity contribution in [1.82, 2.24) is 14.5 Å². The molecule has 0 spiro atoms. The molecule has 0 unspecified atom stereocenters. The molecule has 2 aromatic carbocycles. The van der Waals surface area contributed by atoms with Gasteiger partial charge in [-0.15, -0.1) is 0 Å². The number of aryl methyl sites for hydroxylation is 1. The summed E-state index contributed by atoms with van der Waals surface area (Å²) in [5, 5.41) is 2.89. The lowest BCUT2D eigenvalue weighted by Gasteiger charge is -2.06. The highest BCUT2D eigenvalue weighted by Gasteiger charge is 2.22. The minimum Gasteiger partial charge on any atom is -0.298 e. The standard InChI is InChI=1S/C21H15F3N4OS/c1-12-18(19-26-15-4-2-3-5-16(15)28(19)20(23)24)30-21(25-12)27-17(29)11-8-13-6-9-14(22)10-7-13/h2-11,20H,1H3,(H,25,27,29)/b11-8+. The van der Waals surface area contributed by atoms with E-state index in [1.165, 1.54) is 24.3 Å². The number of imidazole rings is 1. The maximum absolute atomic E-state index is 13.7. The molecule has 0 atom stereocenters. The topological polar surface area (TPSA) is 59.8 Å². The molecule has 2 aromatic heterocycles. The Kier molecular flexibility index (Phi) is 5.37. The number of aromatic nitrogens is 3. The Bertz CT molecular complexity index is 1250. The van der Waals surface area contributed by atoms with Crippen LogP contribution in [0.15, 0.2) is 54.6 Å². The predicted molar refractivity (Wildman–Crippen MR) is 111 cm³/mol. The zero-order valence-corrected chi connectivity index (χ0v) is 16.5. The Hall–Kier alpha value is -3.46. The van der Waals surface area contributed by atoms with Gasteiger partial charge in [-0.25, -0.2) is 14.4 Å². The van der Waals surface area contributed by atoms with Crippen LogP contribution in [-0.4, -0.2) is 20.4 Å². The van der Waals surface area contributed by atoms with Gasteiger partial charge in [0, 0.05) is 6.08 Å². The minimum atomic E-state index is -2.77. The Labute approximate surface area is 173 Å². The molecular weight excluding hydrogens is 413 g/mol. The van der Waals surface area contributed by atoms with Crippen LogP contribution in [-0.2, 0) is 4.79 Å². The van der Waals surface area contributed by atoms with E-state index >= 15 is 0 Å². The molecule has 1 amide bonds. The van der Waals surface area contributed by atoms with Gasteiger partial charge in [-0.05, 0) is 42.8 Å². The van der Waals surface area contributed by atoms with Crippen molar-refractivity contribution in [3.05, 3.63) is 71.7 Å². The normalized spacial score (nSPS) is 11.6. The van der Waals surface area contributed by atoms with E-state index in [1.807, 2.05) is 0 Å². The third-order valence-corrected chi connectivity index (χ3v) is 5.39. The van der Waals surface area contributed by atoms with Crippen LogP contribution in [0.5, 0.6) is 0 Å². The number of carbonyl (C=O) groups excluding carboxylic acids is 1. The molecule has 0 aliphatic heterocycles. The van der Waals surface area contributed by atoms with E-state index in [9.17, 15) is 18.0 Å². The number of nitrogens with one attached hydrogen (secondary N) is 1. The maximum Gasteiger partial charge on any atom is 0.320 e. The molecule has 0 aliphatic rings. The Balaban J connectivity index is 1.59. The van der Waals surface area contributed by atoms with Crippen molar-refractivity contribution in [2.75, 3.05) is 5.32 Å². The number of hydrogen-bond donors (Lipinski definition) is 1. The number of benzene rings is 2. The number of fused-ring (bicyclic) bond motifs is 1. The second-order valence-electron chi connectivity index (χ2n) is 6.38. The van der Waals surface area contributed by atoms with E-state index in [-0.39, 0.29) is 16.8 Å². The molecule has 0 bridgehead atoms. The summed E-state index contributed by atoms with van der Waals surface area (Å²) in [6, 6.07) is 12.3. The first-order valence-corrected chi connectivity index (χ1v) is 9.71. The summed E-state index contributed by atoms with van der Waals surface area (Å²) in [6.07, 6.45) is 2.82. The summed E-state index contributed by atoms with van der Waals surface area (Å²) in [5.41, 5.74) is 1.92. The van der Waals surface area contributed by atoms with Gasteiger partial charge in [0.15, 0.2) is 11.0 Å². The largest absolute Gasteiger partial charge is 0.320 e. The van der Waals surface area contributed by atoms with Crippen LogP contribution in [0.25, 0.3) is 27.8 Å². The highest BCUT2D eigenvalue weighted by molar-refractivity contribution is 7.19. The van der Waals surface area contributed by atoms with E-state index in [0.717, 1.165) is 15.9 Å². The summed E-state index contributed by atoms with van der Waals surface area (Å²) in [4.78, 5) is 21.2. The molecule has 0 saturated heterocycles. The highest BCUT2D eigenvalue weighted by atomic mass is 32.1. The lowest BCUT2D eigenvalue weighted by Crippen LogP contribution is -2.07. The number of nitrogens with zero attached hydrogens (tertiary/aromatic N) is 3. The van der Waals surface area contributed by atoms with Crippen LogP contribution in [0.1, 0.15) is 17.8 Å². The van der Waals surface area contributed by atoms with E-state index in [2.05, 4.69) is 15.3 Å². The van der Waals surface area contributed by atoms with Crippen molar-refractivity contribution < 1.29 is 18.0 Å². The fourth-order valence-corrected chi connectivity index (χ4v) is 3.91. The van der Waals surface area contributed by atoms with Crippen LogP contribution in [0, 0.1) is 12.7 Å². The van der Waals surface area contributed by atoms with E-state index in [0.29, 0.717) is 27.2 Å². The minimum absolute atomic E-state index is 0.101. The monoisotopic (exact) mass is 428 g/mol. The molecule has 4 rings (SSSR count). The molecule has 0 radical (unpaired) electrons.